The number of primary amides is 1. The van der Waals surface area contributed by atoms with Gasteiger partial charge in [0.25, 0.3) is 5.91 Å². The summed E-state index contributed by atoms with van der Waals surface area (Å²) in [6.45, 7) is 0. The smallest absolute Gasteiger partial charge is 0.335 e. The van der Waals surface area contributed by atoms with Crippen molar-refractivity contribution in [3.8, 4) is 11.3 Å². The van der Waals surface area contributed by atoms with E-state index < -0.39 is 11.9 Å². The van der Waals surface area contributed by atoms with Gasteiger partial charge >= 0.3 is 5.97 Å². The molecule has 0 unspecified atom stereocenters. The lowest BCUT2D eigenvalue weighted by Gasteiger charge is -2.05. The molecule has 0 saturated carbocycles. The van der Waals surface area contributed by atoms with Gasteiger partial charge in [-0.05, 0) is 12.1 Å². The third-order valence-corrected chi connectivity index (χ3v) is 2.44. The monoisotopic (exact) mass is 258 g/mol. The molecule has 96 valence electrons. The standard InChI is InChI=1S/C12H10N4O3/c13-10-9(11(14)17)16-8(5-15-10)6-2-1-3-7(4-6)12(18)19/h1-5H,(H2,13,15)(H2,14,17)(H,18,19). The van der Waals surface area contributed by atoms with Crippen LogP contribution < -0.4 is 11.5 Å². The average Bonchev–Trinajstić information content (AvgIpc) is 2.39. The lowest BCUT2D eigenvalue weighted by molar-refractivity contribution is 0.0696. The van der Waals surface area contributed by atoms with Crippen LogP contribution in [0.25, 0.3) is 11.3 Å². The molecule has 2 rings (SSSR count). The number of amides is 1. The molecule has 1 aromatic carbocycles. The summed E-state index contributed by atoms with van der Waals surface area (Å²) in [5.74, 6) is -1.91. The molecular formula is C12H10N4O3. The average molecular weight is 258 g/mol. The molecule has 0 spiro atoms. The second kappa shape index (κ2) is 4.73. The molecule has 0 saturated heterocycles. The largest absolute Gasteiger partial charge is 0.478 e. The molecule has 0 bridgehead atoms. The fourth-order valence-electron chi connectivity index (χ4n) is 1.53. The van der Waals surface area contributed by atoms with Gasteiger partial charge in [0.15, 0.2) is 11.5 Å². The second-order valence-electron chi connectivity index (χ2n) is 3.74. The van der Waals surface area contributed by atoms with Gasteiger partial charge in [-0.2, -0.15) is 0 Å². The molecule has 0 aliphatic carbocycles. The molecule has 0 atom stereocenters. The van der Waals surface area contributed by atoms with Crippen LogP contribution in [0.1, 0.15) is 20.8 Å². The van der Waals surface area contributed by atoms with Crippen LogP contribution in [0, 0.1) is 0 Å². The molecule has 1 amide bonds. The van der Waals surface area contributed by atoms with E-state index in [-0.39, 0.29) is 17.1 Å². The molecular weight excluding hydrogens is 248 g/mol. The summed E-state index contributed by atoms with van der Waals surface area (Å²) in [5.41, 5.74) is 11.4. The third kappa shape index (κ3) is 2.49. The number of hydrogen-bond donors (Lipinski definition) is 3. The van der Waals surface area contributed by atoms with Crippen LogP contribution in [0.4, 0.5) is 5.82 Å². The van der Waals surface area contributed by atoms with E-state index in [0.717, 1.165) is 0 Å². The Morgan fingerprint density at radius 3 is 2.63 bits per heavy atom. The van der Waals surface area contributed by atoms with Crippen LogP contribution in [-0.2, 0) is 0 Å². The summed E-state index contributed by atoms with van der Waals surface area (Å²) in [7, 11) is 0. The number of carbonyl (C=O) groups excluding carboxylic acids is 1. The van der Waals surface area contributed by atoms with Gasteiger partial charge in [0, 0.05) is 5.56 Å². The Labute approximate surface area is 107 Å². The second-order valence-corrected chi connectivity index (χ2v) is 3.74. The van der Waals surface area contributed by atoms with E-state index in [1.54, 1.807) is 12.1 Å². The van der Waals surface area contributed by atoms with Gasteiger partial charge < -0.3 is 16.6 Å². The van der Waals surface area contributed by atoms with Crippen molar-refractivity contribution in [2.45, 2.75) is 0 Å². The number of hydrogen-bond acceptors (Lipinski definition) is 5. The van der Waals surface area contributed by atoms with Crippen molar-refractivity contribution in [2.24, 2.45) is 5.73 Å². The van der Waals surface area contributed by atoms with E-state index in [1.807, 2.05) is 0 Å². The van der Waals surface area contributed by atoms with Crippen LogP contribution in [0.15, 0.2) is 30.5 Å². The first kappa shape index (κ1) is 12.5. The van der Waals surface area contributed by atoms with Crippen LogP contribution in [0.3, 0.4) is 0 Å². The molecule has 1 heterocycles. The fraction of sp³-hybridized carbons (Fsp3) is 0. The normalized spacial score (nSPS) is 10.1. The number of nitrogens with zero attached hydrogens (tertiary/aromatic N) is 2. The number of aromatic carboxylic acids is 1. The molecule has 0 aliphatic heterocycles. The Kier molecular flexibility index (Phi) is 3.11. The van der Waals surface area contributed by atoms with Crippen molar-refractivity contribution in [3.63, 3.8) is 0 Å². The zero-order valence-electron chi connectivity index (χ0n) is 9.70. The van der Waals surface area contributed by atoms with Crippen molar-refractivity contribution < 1.29 is 14.7 Å². The Morgan fingerprint density at radius 2 is 2.00 bits per heavy atom. The van der Waals surface area contributed by atoms with Crippen molar-refractivity contribution in [3.05, 3.63) is 41.7 Å². The molecule has 0 radical (unpaired) electrons. The summed E-state index contributed by atoms with van der Waals surface area (Å²) in [6, 6.07) is 6.09. The molecule has 19 heavy (non-hydrogen) atoms. The highest BCUT2D eigenvalue weighted by molar-refractivity contribution is 5.95. The van der Waals surface area contributed by atoms with Gasteiger partial charge in [-0.3, -0.25) is 4.79 Å². The molecule has 0 aliphatic rings. The number of benzene rings is 1. The van der Waals surface area contributed by atoms with Crippen LogP contribution >= 0.6 is 0 Å². The van der Waals surface area contributed by atoms with E-state index in [0.29, 0.717) is 11.3 Å². The molecule has 1 aromatic heterocycles. The van der Waals surface area contributed by atoms with E-state index in [9.17, 15) is 9.59 Å². The SMILES string of the molecule is NC(=O)c1nc(-c2cccc(C(=O)O)c2)cnc1N. The summed E-state index contributed by atoms with van der Waals surface area (Å²) in [4.78, 5) is 29.8. The van der Waals surface area contributed by atoms with Crippen LogP contribution in [0.2, 0.25) is 0 Å². The minimum absolute atomic E-state index is 0.0642. The number of nitrogen functional groups attached to an aromatic ring is 1. The number of rotatable bonds is 3. The van der Waals surface area contributed by atoms with Crippen molar-refractivity contribution >= 4 is 17.7 Å². The maximum absolute atomic E-state index is 11.1. The lowest BCUT2D eigenvalue weighted by atomic mass is 10.1. The number of nitrogens with two attached hydrogens (primary N) is 2. The highest BCUT2D eigenvalue weighted by atomic mass is 16.4. The van der Waals surface area contributed by atoms with Gasteiger partial charge in [0.05, 0.1) is 17.5 Å². The molecule has 0 fully saturated rings. The Morgan fingerprint density at radius 1 is 1.26 bits per heavy atom. The molecule has 7 nitrogen and oxygen atoms in total. The first-order chi connectivity index (χ1) is 8.99. The Balaban J connectivity index is 2.53. The van der Waals surface area contributed by atoms with Gasteiger partial charge in [-0.25, -0.2) is 14.8 Å². The predicted molar refractivity (Wildman–Crippen MR) is 67.4 cm³/mol. The first-order valence-corrected chi connectivity index (χ1v) is 5.25. The lowest BCUT2D eigenvalue weighted by Crippen LogP contribution is -2.17. The zero-order chi connectivity index (χ0) is 14.0. The topological polar surface area (TPSA) is 132 Å². The van der Waals surface area contributed by atoms with E-state index in [1.165, 1.54) is 18.3 Å². The van der Waals surface area contributed by atoms with Crippen LogP contribution in [0.5, 0.6) is 0 Å². The van der Waals surface area contributed by atoms with Gasteiger partial charge in [-0.15, -0.1) is 0 Å². The van der Waals surface area contributed by atoms with Gasteiger partial charge in [0.1, 0.15) is 0 Å². The summed E-state index contributed by atoms with van der Waals surface area (Å²) < 4.78 is 0. The van der Waals surface area contributed by atoms with E-state index >= 15 is 0 Å². The number of carboxylic acid groups (broad SMARTS) is 1. The fourth-order valence-corrected chi connectivity index (χ4v) is 1.53. The maximum Gasteiger partial charge on any atom is 0.335 e. The zero-order valence-corrected chi connectivity index (χ0v) is 9.70. The summed E-state index contributed by atoms with van der Waals surface area (Å²) in [6.07, 6.45) is 1.35. The predicted octanol–water partition coefficient (Wildman–Crippen LogP) is 0.523. The first-order valence-electron chi connectivity index (χ1n) is 5.25. The van der Waals surface area contributed by atoms with Crippen LogP contribution in [-0.4, -0.2) is 27.0 Å². The number of carboxylic acids is 1. The van der Waals surface area contributed by atoms with Gasteiger partial charge in [0.2, 0.25) is 0 Å². The minimum atomic E-state index is -1.06. The quantitative estimate of drug-likeness (QED) is 0.735. The number of anilines is 1. The Hall–Kier alpha value is -2.96. The summed E-state index contributed by atoms with van der Waals surface area (Å²) >= 11 is 0. The number of aromatic nitrogens is 2. The van der Waals surface area contributed by atoms with E-state index in [2.05, 4.69) is 9.97 Å². The van der Waals surface area contributed by atoms with Crippen molar-refractivity contribution in [1.29, 1.82) is 0 Å². The highest BCUT2D eigenvalue weighted by Gasteiger charge is 2.12. The molecule has 5 N–H and O–H groups in total. The minimum Gasteiger partial charge on any atom is -0.478 e. The third-order valence-electron chi connectivity index (χ3n) is 2.44. The van der Waals surface area contributed by atoms with Crippen molar-refractivity contribution in [2.75, 3.05) is 5.73 Å². The van der Waals surface area contributed by atoms with Crippen molar-refractivity contribution in [1.82, 2.24) is 9.97 Å². The Bertz CT molecular complexity index is 670. The van der Waals surface area contributed by atoms with E-state index in [4.69, 9.17) is 16.6 Å². The maximum atomic E-state index is 11.1. The molecule has 2 aromatic rings. The summed E-state index contributed by atoms with van der Waals surface area (Å²) in [5, 5.41) is 8.91. The molecule has 7 heteroatoms. The highest BCUT2D eigenvalue weighted by Crippen LogP contribution is 2.19. The number of carbonyl (C=O) groups is 2. The van der Waals surface area contributed by atoms with Gasteiger partial charge in [-0.1, -0.05) is 12.1 Å².